The van der Waals surface area contributed by atoms with Gasteiger partial charge >= 0.3 is 0 Å². The Morgan fingerprint density at radius 2 is 1.94 bits per heavy atom. The first-order valence-corrected chi connectivity index (χ1v) is 7.42. The summed E-state index contributed by atoms with van der Waals surface area (Å²) in [6.45, 7) is 5.24. The van der Waals surface area contributed by atoms with Crippen LogP contribution in [0.5, 0.6) is 0 Å². The summed E-state index contributed by atoms with van der Waals surface area (Å²) >= 11 is 6.09. The minimum Gasteiger partial charge on any atom is -0.354 e. The van der Waals surface area contributed by atoms with E-state index in [9.17, 15) is 0 Å². The molecule has 1 fully saturated rings. The molecule has 1 aromatic heterocycles. The fraction of sp³-hybridized carbons (Fsp3) is 0.714. The molecule has 0 bridgehead atoms. The van der Waals surface area contributed by atoms with E-state index < -0.39 is 0 Å². The van der Waals surface area contributed by atoms with Crippen LogP contribution >= 0.6 is 11.6 Å². The van der Waals surface area contributed by atoms with Gasteiger partial charge in [0.2, 0.25) is 0 Å². The highest BCUT2D eigenvalue weighted by molar-refractivity contribution is 6.29. The standard InChI is InChI=1S/C14H22ClN3/c1-3-13-16-12(15)10-14(17-13)18(4-2)11-8-6-5-7-9-11/h10-11H,3-9H2,1-2H3. The Hall–Kier alpha value is -0.830. The molecule has 1 saturated carbocycles. The van der Waals surface area contributed by atoms with Crippen LogP contribution in [0.3, 0.4) is 0 Å². The van der Waals surface area contributed by atoms with E-state index in [4.69, 9.17) is 11.6 Å². The van der Waals surface area contributed by atoms with Crippen molar-refractivity contribution in [2.24, 2.45) is 0 Å². The zero-order chi connectivity index (χ0) is 13.0. The summed E-state index contributed by atoms with van der Waals surface area (Å²) in [4.78, 5) is 11.3. The Kier molecular flexibility index (Phi) is 4.81. The van der Waals surface area contributed by atoms with Crippen molar-refractivity contribution in [1.82, 2.24) is 9.97 Å². The molecule has 0 aromatic carbocycles. The minimum absolute atomic E-state index is 0.561. The fourth-order valence-electron chi connectivity index (χ4n) is 2.76. The van der Waals surface area contributed by atoms with Crippen LogP contribution in [0.25, 0.3) is 0 Å². The maximum atomic E-state index is 6.09. The fourth-order valence-corrected chi connectivity index (χ4v) is 2.95. The zero-order valence-electron chi connectivity index (χ0n) is 11.3. The molecule has 18 heavy (non-hydrogen) atoms. The summed E-state index contributed by atoms with van der Waals surface area (Å²) in [7, 11) is 0. The van der Waals surface area contributed by atoms with Crippen LogP contribution in [0.15, 0.2) is 6.07 Å². The molecule has 0 radical (unpaired) electrons. The van der Waals surface area contributed by atoms with Gasteiger partial charge in [0.05, 0.1) is 0 Å². The SMILES string of the molecule is CCc1nc(Cl)cc(N(CC)C2CCCCC2)n1. The Morgan fingerprint density at radius 1 is 1.22 bits per heavy atom. The Morgan fingerprint density at radius 3 is 2.56 bits per heavy atom. The molecule has 0 aliphatic heterocycles. The lowest BCUT2D eigenvalue weighted by atomic mass is 9.94. The third-order valence-electron chi connectivity index (χ3n) is 3.69. The predicted octanol–water partition coefficient (Wildman–Crippen LogP) is 3.85. The largest absolute Gasteiger partial charge is 0.354 e. The average molecular weight is 268 g/mol. The van der Waals surface area contributed by atoms with Gasteiger partial charge in [-0.1, -0.05) is 37.8 Å². The topological polar surface area (TPSA) is 29.0 Å². The van der Waals surface area contributed by atoms with Crippen LogP contribution in [-0.2, 0) is 6.42 Å². The Balaban J connectivity index is 2.22. The van der Waals surface area contributed by atoms with E-state index in [1.54, 1.807) is 0 Å². The van der Waals surface area contributed by atoms with Gasteiger partial charge in [-0.15, -0.1) is 0 Å². The number of rotatable bonds is 4. The summed E-state index contributed by atoms with van der Waals surface area (Å²) in [6, 6.07) is 2.53. The van der Waals surface area contributed by atoms with Crippen LogP contribution < -0.4 is 4.90 Å². The second kappa shape index (κ2) is 6.37. The molecule has 1 aliphatic rings. The van der Waals surface area contributed by atoms with E-state index in [-0.39, 0.29) is 0 Å². The van der Waals surface area contributed by atoms with Crippen LogP contribution in [0.1, 0.15) is 51.8 Å². The molecule has 1 aliphatic carbocycles. The number of hydrogen-bond donors (Lipinski definition) is 0. The molecule has 0 N–H and O–H groups in total. The van der Waals surface area contributed by atoms with E-state index in [2.05, 4.69) is 28.7 Å². The van der Waals surface area contributed by atoms with Crippen LogP contribution in [-0.4, -0.2) is 22.6 Å². The molecule has 0 saturated heterocycles. The maximum Gasteiger partial charge on any atom is 0.134 e. The van der Waals surface area contributed by atoms with Gasteiger partial charge in [-0.05, 0) is 19.8 Å². The highest BCUT2D eigenvalue weighted by Gasteiger charge is 2.21. The molecule has 0 amide bonds. The molecule has 0 atom stereocenters. The van der Waals surface area contributed by atoms with Gasteiger partial charge < -0.3 is 4.90 Å². The van der Waals surface area contributed by atoms with E-state index in [1.807, 2.05) is 6.07 Å². The monoisotopic (exact) mass is 267 g/mol. The van der Waals surface area contributed by atoms with Gasteiger partial charge in [-0.25, -0.2) is 9.97 Å². The first kappa shape index (κ1) is 13.6. The lowest BCUT2D eigenvalue weighted by Gasteiger charge is -2.34. The number of aromatic nitrogens is 2. The van der Waals surface area contributed by atoms with Crippen molar-refractivity contribution in [3.8, 4) is 0 Å². The zero-order valence-corrected chi connectivity index (χ0v) is 12.1. The van der Waals surface area contributed by atoms with Gasteiger partial charge in [0.1, 0.15) is 16.8 Å². The number of aryl methyl sites for hydroxylation is 1. The molecular weight excluding hydrogens is 246 g/mol. The highest BCUT2D eigenvalue weighted by Crippen LogP contribution is 2.27. The number of halogens is 1. The lowest BCUT2D eigenvalue weighted by Crippen LogP contribution is -2.37. The van der Waals surface area contributed by atoms with Gasteiger partial charge in [0.15, 0.2) is 0 Å². The summed E-state index contributed by atoms with van der Waals surface area (Å²) in [6.07, 6.45) is 7.42. The third-order valence-corrected chi connectivity index (χ3v) is 3.89. The van der Waals surface area contributed by atoms with Gasteiger partial charge in [0, 0.05) is 25.1 Å². The summed E-state index contributed by atoms with van der Waals surface area (Å²) < 4.78 is 0. The van der Waals surface area contributed by atoms with Crippen molar-refractivity contribution in [3.05, 3.63) is 17.0 Å². The van der Waals surface area contributed by atoms with Gasteiger partial charge in [-0.2, -0.15) is 0 Å². The normalized spacial score (nSPS) is 16.8. The van der Waals surface area contributed by atoms with E-state index in [1.165, 1.54) is 32.1 Å². The third kappa shape index (κ3) is 3.14. The molecule has 2 rings (SSSR count). The molecule has 0 unspecified atom stereocenters. The molecule has 1 aromatic rings. The molecule has 0 spiro atoms. The highest BCUT2D eigenvalue weighted by atomic mass is 35.5. The minimum atomic E-state index is 0.561. The van der Waals surface area contributed by atoms with Crippen LogP contribution in [0, 0.1) is 0 Å². The van der Waals surface area contributed by atoms with Crippen molar-refractivity contribution < 1.29 is 0 Å². The number of hydrogen-bond acceptors (Lipinski definition) is 3. The molecule has 3 nitrogen and oxygen atoms in total. The van der Waals surface area contributed by atoms with Gasteiger partial charge in [-0.3, -0.25) is 0 Å². The second-order valence-corrected chi connectivity index (χ2v) is 5.28. The van der Waals surface area contributed by atoms with Crippen LogP contribution in [0.4, 0.5) is 5.82 Å². The Labute approximate surface area is 115 Å². The molecule has 100 valence electrons. The maximum absolute atomic E-state index is 6.09. The second-order valence-electron chi connectivity index (χ2n) is 4.90. The van der Waals surface area contributed by atoms with Crippen molar-refractivity contribution in [3.63, 3.8) is 0 Å². The predicted molar refractivity (Wildman–Crippen MR) is 76.3 cm³/mol. The number of nitrogens with zero attached hydrogens (tertiary/aromatic N) is 3. The Bertz CT molecular complexity index is 389. The summed E-state index contributed by atoms with van der Waals surface area (Å²) in [5.74, 6) is 1.84. The van der Waals surface area contributed by atoms with Crippen molar-refractivity contribution in [2.45, 2.75) is 58.4 Å². The molecular formula is C14H22ClN3. The van der Waals surface area contributed by atoms with Gasteiger partial charge in [0.25, 0.3) is 0 Å². The number of anilines is 1. The lowest BCUT2D eigenvalue weighted by molar-refractivity contribution is 0.416. The smallest absolute Gasteiger partial charge is 0.134 e. The van der Waals surface area contributed by atoms with E-state index >= 15 is 0 Å². The molecule has 1 heterocycles. The van der Waals surface area contributed by atoms with E-state index in [0.717, 1.165) is 24.6 Å². The van der Waals surface area contributed by atoms with Crippen molar-refractivity contribution in [1.29, 1.82) is 0 Å². The molecule has 4 heteroatoms. The quantitative estimate of drug-likeness (QED) is 0.776. The summed E-state index contributed by atoms with van der Waals surface area (Å²) in [5.41, 5.74) is 0. The average Bonchev–Trinajstić information content (AvgIpc) is 2.40. The van der Waals surface area contributed by atoms with Crippen molar-refractivity contribution in [2.75, 3.05) is 11.4 Å². The first-order valence-electron chi connectivity index (χ1n) is 7.04. The summed E-state index contributed by atoms with van der Waals surface area (Å²) in [5, 5.41) is 0.561. The van der Waals surface area contributed by atoms with E-state index in [0.29, 0.717) is 11.2 Å². The first-order chi connectivity index (χ1) is 8.74. The van der Waals surface area contributed by atoms with Crippen molar-refractivity contribution >= 4 is 17.4 Å². The van der Waals surface area contributed by atoms with Crippen LogP contribution in [0.2, 0.25) is 5.15 Å².